The largest absolute Gasteiger partial charge is 0.496 e. The molecule has 0 bridgehead atoms. The summed E-state index contributed by atoms with van der Waals surface area (Å²) < 4.78 is 5.31. The van der Waals surface area contributed by atoms with E-state index < -0.39 is 0 Å². The van der Waals surface area contributed by atoms with E-state index in [1.165, 1.54) is 0 Å². The van der Waals surface area contributed by atoms with E-state index in [2.05, 4.69) is 11.4 Å². The smallest absolute Gasteiger partial charge is 0.122 e. The molecule has 0 heterocycles. The van der Waals surface area contributed by atoms with Gasteiger partial charge in [-0.1, -0.05) is 18.2 Å². The van der Waals surface area contributed by atoms with Gasteiger partial charge in [-0.2, -0.15) is 5.26 Å². The van der Waals surface area contributed by atoms with E-state index in [4.69, 9.17) is 15.7 Å². The van der Waals surface area contributed by atoms with Crippen LogP contribution >= 0.6 is 0 Å². The van der Waals surface area contributed by atoms with Crippen LogP contribution < -0.4 is 15.8 Å². The second kappa shape index (κ2) is 6.48. The van der Waals surface area contributed by atoms with E-state index in [1.807, 2.05) is 24.3 Å². The standard InChI is InChI=1S/C16H17N3O/c1-20-16-5-3-2-4-13(16)8-9-19-15-10-12(11-17)6-7-14(15)18/h2-7,10,19H,8-9,18H2,1H3. The zero-order chi connectivity index (χ0) is 14.4. The molecule has 4 heteroatoms. The molecule has 2 aromatic carbocycles. The van der Waals surface area contributed by atoms with Gasteiger partial charge in [0.1, 0.15) is 5.75 Å². The number of anilines is 2. The molecule has 3 N–H and O–H groups in total. The van der Waals surface area contributed by atoms with Crippen LogP contribution in [0.2, 0.25) is 0 Å². The Kier molecular flexibility index (Phi) is 4.46. The lowest BCUT2D eigenvalue weighted by molar-refractivity contribution is 0.410. The molecular formula is C16H17N3O. The number of nitrogen functional groups attached to an aromatic ring is 1. The second-order valence-corrected chi connectivity index (χ2v) is 4.40. The molecule has 0 aliphatic heterocycles. The highest BCUT2D eigenvalue weighted by molar-refractivity contribution is 5.68. The fourth-order valence-corrected chi connectivity index (χ4v) is 2.02. The van der Waals surface area contributed by atoms with Gasteiger partial charge in [-0.3, -0.25) is 0 Å². The minimum Gasteiger partial charge on any atom is -0.496 e. The molecule has 0 unspecified atom stereocenters. The van der Waals surface area contributed by atoms with E-state index in [0.29, 0.717) is 11.3 Å². The number of hydrogen-bond donors (Lipinski definition) is 2. The minimum absolute atomic E-state index is 0.596. The highest BCUT2D eigenvalue weighted by Gasteiger charge is 2.03. The summed E-state index contributed by atoms with van der Waals surface area (Å²) >= 11 is 0. The highest BCUT2D eigenvalue weighted by Crippen LogP contribution is 2.21. The number of nitriles is 1. The maximum atomic E-state index is 8.89. The number of nitrogens with one attached hydrogen (secondary N) is 1. The predicted octanol–water partition coefficient (Wildman–Crippen LogP) is 2.80. The molecule has 0 amide bonds. The van der Waals surface area contributed by atoms with Crippen molar-refractivity contribution in [3.05, 3.63) is 53.6 Å². The topological polar surface area (TPSA) is 71.1 Å². The van der Waals surface area contributed by atoms with Crippen molar-refractivity contribution in [3.63, 3.8) is 0 Å². The van der Waals surface area contributed by atoms with Crippen molar-refractivity contribution in [3.8, 4) is 11.8 Å². The van der Waals surface area contributed by atoms with E-state index in [9.17, 15) is 0 Å². The van der Waals surface area contributed by atoms with Gasteiger partial charge in [0, 0.05) is 6.54 Å². The Morgan fingerprint density at radius 1 is 1.25 bits per heavy atom. The quantitative estimate of drug-likeness (QED) is 0.817. The molecule has 0 saturated heterocycles. The van der Waals surface area contributed by atoms with Crippen LogP contribution in [0.15, 0.2) is 42.5 Å². The van der Waals surface area contributed by atoms with Gasteiger partial charge < -0.3 is 15.8 Å². The Morgan fingerprint density at radius 2 is 2.05 bits per heavy atom. The summed E-state index contributed by atoms with van der Waals surface area (Å²) in [7, 11) is 1.67. The van der Waals surface area contributed by atoms with Crippen molar-refractivity contribution < 1.29 is 4.74 Å². The van der Waals surface area contributed by atoms with Crippen molar-refractivity contribution in [1.29, 1.82) is 5.26 Å². The molecule has 0 atom stereocenters. The predicted molar refractivity (Wildman–Crippen MR) is 80.8 cm³/mol. The lowest BCUT2D eigenvalue weighted by Gasteiger charge is -2.11. The molecule has 20 heavy (non-hydrogen) atoms. The van der Waals surface area contributed by atoms with Crippen LogP contribution in [0.25, 0.3) is 0 Å². The number of ether oxygens (including phenoxy) is 1. The average molecular weight is 267 g/mol. The fourth-order valence-electron chi connectivity index (χ4n) is 2.02. The third-order valence-corrected chi connectivity index (χ3v) is 3.08. The lowest BCUT2D eigenvalue weighted by atomic mass is 10.1. The molecule has 0 spiro atoms. The first-order chi connectivity index (χ1) is 9.74. The summed E-state index contributed by atoms with van der Waals surface area (Å²) in [4.78, 5) is 0. The van der Waals surface area contributed by atoms with Gasteiger partial charge in [-0.15, -0.1) is 0 Å². The molecule has 102 valence electrons. The van der Waals surface area contributed by atoms with Crippen molar-refractivity contribution in [2.24, 2.45) is 0 Å². The first kappa shape index (κ1) is 13.8. The molecule has 2 rings (SSSR count). The van der Waals surface area contributed by atoms with Crippen LogP contribution in [-0.4, -0.2) is 13.7 Å². The van der Waals surface area contributed by atoms with Crippen LogP contribution in [0.5, 0.6) is 5.75 Å². The SMILES string of the molecule is COc1ccccc1CCNc1cc(C#N)ccc1N. The number of rotatable bonds is 5. The first-order valence-electron chi connectivity index (χ1n) is 6.40. The van der Waals surface area contributed by atoms with Crippen LogP contribution in [0.4, 0.5) is 11.4 Å². The van der Waals surface area contributed by atoms with Crippen LogP contribution in [0.1, 0.15) is 11.1 Å². The summed E-state index contributed by atoms with van der Waals surface area (Å²) in [5, 5.41) is 12.1. The molecule has 0 aromatic heterocycles. The van der Waals surface area contributed by atoms with Crippen molar-refractivity contribution in [2.75, 3.05) is 24.7 Å². The van der Waals surface area contributed by atoms with E-state index in [0.717, 1.165) is 30.0 Å². The van der Waals surface area contributed by atoms with Crippen molar-refractivity contribution in [2.45, 2.75) is 6.42 Å². The fraction of sp³-hybridized carbons (Fsp3) is 0.188. The molecule has 0 fully saturated rings. The molecule has 0 saturated carbocycles. The number of hydrogen-bond acceptors (Lipinski definition) is 4. The Bertz CT molecular complexity index is 632. The van der Waals surface area contributed by atoms with Gasteiger partial charge in [0.2, 0.25) is 0 Å². The number of benzene rings is 2. The maximum Gasteiger partial charge on any atom is 0.122 e. The third-order valence-electron chi connectivity index (χ3n) is 3.08. The summed E-state index contributed by atoms with van der Waals surface area (Å²) in [6.07, 6.45) is 0.820. The maximum absolute atomic E-state index is 8.89. The number of nitrogens with two attached hydrogens (primary N) is 1. The van der Waals surface area contributed by atoms with Crippen molar-refractivity contribution >= 4 is 11.4 Å². The van der Waals surface area contributed by atoms with Gasteiger partial charge >= 0.3 is 0 Å². The zero-order valence-electron chi connectivity index (χ0n) is 11.4. The normalized spacial score (nSPS) is 9.80. The summed E-state index contributed by atoms with van der Waals surface area (Å²) in [5.41, 5.74) is 9.05. The molecular weight excluding hydrogens is 250 g/mol. The van der Waals surface area contributed by atoms with E-state index in [-0.39, 0.29) is 0 Å². The molecule has 0 aliphatic rings. The van der Waals surface area contributed by atoms with E-state index >= 15 is 0 Å². The first-order valence-corrected chi connectivity index (χ1v) is 6.40. The highest BCUT2D eigenvalue weighted by atomic mass is 16.5. The van der Waals surface area contributed by atoms with Crippen LogP contribution in [0, 0.1) is 11.3 Å². The second-order valence-electron chi connectivity index (χ2n) is 4.40. The number of para-hydroxylation sites is 1. The van der Waals surface area contributed by atoms with Crippen molar-refractivity contribution in [1.82, 2.24) is 0 Å². The van der Waals surface area contributed by atoms with Crippen LogP contribution in [0.3, 0.4) is 0 Å². The lowest BCUT2D eigenvalue weighted by Crippen LogP contribution is -2.07. The van der Waals surface area contributed by atoms with Crippen LogP contribution in [-0.2, 0) is 6.42 Å². The molecule has 4 nitrogen and oxygen atoms in total. The molecule has 0 radical (unpaired) electrons. The average Bonchev–Trinajstić information content (AvgIpc) is 2.49. The Morgan fingerprint density at radius 3 is 2.80 bits per heavy atom. The minimum atomic E-state index is 0.596. The summed E-state index contributed by atoms with van der Waals surface area (Å²) in [6.45, 7) is 0.722. The number of nitrogens with zero attached hydrogens (tertiary/aromatic N) is 1. The summed E-state index contributed by atoms with van der Waals surface area (Å²) in [6, 6.07) is 15.2. The summed E-state index contributed by atoms with van der Waals surface area (Å²) in [5.74, 6) is 0.882. The third kappa shape index (κ3) is 3.21. The Labute approximate surface area is 118 Å². The monoisotopic (exact) mass is 267 g/mol. The van der Waals surface area contributed by atoms with Gasteiger partial charge in [0.05, 0.1) is 30.1 Å². The molecule has 0 aliphatic carbocycles. The Balaban J connectivity index is 2.01. The van der Waals surface area contributed by atoms with E-state index in [1.54, 1.807) is 25.3 Å². The van der Waals surface area contributed by atoms with Gasteiger partial charge in [0.25, 0.3) is 0 Å². The molecule has 2 aromatic rings. The van der Waals surface area contributed by atoms with Gasteiger partial charge in [-0.25, -0.2) is 0 Å². The zero-order valence-corrected chi connectivity index (χ0v) is 11.4. The Hall–Kier alpha value is -2.67. The number of methoxy groups -OCH3 is 1. The van der Waals surface area contributed by atoms with Gasteiger partial charge in [-0.05, 0) is 36.2 Å². The van der Waals surface area contributed by atoms with Gasteiger partial charge in [0.15, 0.2) is 0 Å².